The predicted octanol–water partition coefficient (Wildman–Crippen LogP) is 5.80. The minimum atomic E-state index is -0.284. The van der Waals surface area contributed by atoms with Crippen molar-refractivity contribution in [1.29, 1.82) is 0 Å². The molecule has 0 spiro atoms. The van der Waals surface area contributed by atoms with Gasteiger partial charge in [0.2, 0.25) is 0 Å². The van der Waals surface area contributed by atoms with Crippen molar-refractivity contribution in [2.24, 2.45) is 0 Å². The second-order valence-corrected chi connectivity index (χ2v) is 7.50. The fourth-order valence-corrected chi connectivity index (χ4v) is 3.47. The molecule has 4 aromatic rings. The van der Waals surface area contributed by atoms with Gasteiger partial charge in [-0.1, -0.05) is 103 Å². The van der Waals surface area contributed by atoms with Crippen LogP contribution in [-0.4, -0.2) is 11.8 Å². The molecule has 4 aromatic carbocycles. The van der Waals surface area contributed by atoms with Crippen LogP contribution in [0.4, 0.5) is 5.69 Å². The zero-order chi connectivity index (χ0) is 22.9. The fraction of sp³-hybridized carbons (Fsp3) is 0.0345. The zero-order valence-corrected chi connectivity index (χ0v) is 18.1. The molecule has 0 aromatic heterocycles. The highest BCUT2D eigenvalue weighted by Crippen LogP contribution is 2.22. The maximum absolute atomic E-state index is 13.4. The van der Waals surface area contributed by atoms with Crippen molar-refractivity contribution in [2.45, 2.75) is 6.54 Å². The number of amides is 2. The lowest BCUT2D eigenvalue weighted by Crippen LogP contribution is -2.25. The first-order valence-electron chi connectivity index (χ1n) is 10.8. The Labute approximate surface area is 193 Å². The highest BCUT2D eigenvalue weighted by atomic mass is 16.2. The lowest BCUT2D eigenvalue weighted by atomic mass is 10.0. The van der Waals surface area contributed by atoms with E-state index in [2.05, 4.69) is 10.6 Å². The van der Waals surface area contributed by atoms with Crippen molar-refractivity contribution in [2.75, 3.05) is 5.32 Å². The summed E-state index contributed by atoms with van der Waals surface area (Å²) in [4.78, 5) is 26.2. The van der Waals surface area contributed by atoms with Gasteiger partial charge in [0.05, 0.1) is 11.3 Å². The number of hydrogen-bond acceptors (Lipinski definition) is 2. The van der Waals surface area contributed by atoms with E-state index in [1.165, 1.54) is 0 Å². The molecule has 0 saturated heterocycles. The van der Waals surface area contributed by atoms with Gasteiger partial charge in [-0.25, -0.2) is 0 Å². The summed E-state index contributed by atoms with van der Waals surface area (Å²) in [7, 11) is 0. The van der Waals surface area contributed by atoms with Crippen molar-refractivity contribution in [1.82, 2.24) is 5.32 Å². The quantitative estimate of drug-likeness (QED) is 0.287. The van der Waals surface area contributed by atoms with E-state index in [-0.39, 0.29) is 11.8 Å². The molecule has 0 fully saturated rings. The van der Waals surface area contributed by atoms with E-state index in [4.69, 9.17) is 0 Å². The van der Waals surface area contributed by atoms with Crippen molar-refractivity contribution >= 4 is 29.2 Å². The SMILES string of the molecule is O=C(Nc1ccccc1C(=O)NCc1ccccc1)/C(=C\c1ccccc1)c1ccccc1. The van der Waals surface area contributed by atoms with E-state index < -0.39 is 0 Å². The van der Waals surface area contributed by atoms with E-state index in [0.717, 1.165) is 16.7 Å². The van der Waals surface area contributed by atoms with Crippen LogP contribution >= 0.6 is 0 Å². The highest BCUT2D eigenvalue weighted by Gasteiger charge is 2.17. The number of carbonyl (C=O) groups excluding carboxylic acids is 2. The molecule has 0 aliphatic carbocycles. The van der Waals surface area contributed by atoms with Crippen LogP contribution in [-0.2, 0) is 11.3 Å². The lowest BCUT2D eigenvalue weighted by molar-refractivity contribution is -0.111. The maximum atomic E-state index is 13.4. The monoisotopic (exact) mass is 432 g/mol. The highest BCUT2D eigenvalue weighted by molar-refractivity contribution is 6.29. The number of rotatable bonds is 7. The Balaban J connectivity index is 1.58. The summed E-state index contributed by atoms with van der Waals surface area (Å²) in [5.74, 6) is -0.531. The summed E-state index contributed by atoms with van der Waals surface area (Å²) in [6.07, 6.45) is 1.85. The predicted molar refractivity (Wildman–Crippen MR) is 133 cm³/mol. The Kier molecular flexibility index (Phi) is 7.08. The molecule has 4 rings (SSSR count). The van der Waals surface area contributed by atoms with Gasteiger partial charge in [0, 0.05) is 12.1 Å². The largest absolute Gasteiger partial charge is 0.348 e. The maximum Gasteiger partial charge on any atom is 0.256 e. The Morgan fingerprint density at radius 1 is 0.667 bits per heavy atom. The standard InChI is InChI=1S/C29H24N2O2/c32-28(30-21-23-14-6-2-7-15-23)25-18-10-11-19-27(25)31-29(33)26(24-16-8-3-9-17-24)20-22-12-4-1-5-13-22/h1-20H,21H2,(H,30,32)(H,31,33)/b26-20-. The van der Waals surface area contributed by atoms with Crippen molar-refractivity contribution < 1.29 is 9.59 Å². The molecule has 162 valence electrons. The first-order chi connectivity index (χ1) is 16.2. The van der Waals surface area contributed by atoms with Crippen LogP contribution in [0.2, 0.25) is 0 Å². The summed E-state index contributed by atoms with van der Waals surface area (Å²) in [6, 6.07) is 35.9. The molecule has 0 unspecified atom stereocenters. The number of anilines is 1. The van der Waals surface area contributed by atoms with Crippen molar-refractivity contribution in [3.63, 3.8) is 0 Å². The molecular formula is C29H24N2O2. The van der Waals surface area contributed by atoms with E-state index in [9.17, 15) is 9.59 Å². The van der Waals surface area contributed by atoms with Gasteiger partial charge < -0.3 is 10.6 Å². The lowest BCUT2D eigenvalue weighted by Gasteiger charge is -2.14. The molecule has 33 heavy (non-hydrogen) atoms. The third kappa shape index (κ3) is 5.83. The molecule has 0 heterocycles. The van der Waals surface area contributed by atoms with Crippen LogP contribution in [0.3, 0.4) is 0 Å². The van der Waals surface area contributed by atoms with E-state index in [0.29, 0.717) is 23.4 Å². The molecule has 0 atom stereocenters. The summed E-state index contributed by atoms with van der Waals surface area (Å²) in [5, 5.41) is 5.87. The fourth-order valence-electron chi connectivity index (χ4n) is 3.47. The van der Waals surface area contributed by atoms with E-state index in [1.54, 1.807) is 24.3 Å². The van der Waals surface area contributed by atoms with Gasteiger partial charge in [-0.2, -0.15) is 0 Å². The topological polar surface area (TPSA) is 58.2 Å². The summed E-state index contributed by atoms with van der Waals surface area (Å²) >= 11 is 0. The van der Waals surface area contributed by atoms with Crippen LogP contribution in [0.15, 0.2) is 115 Å². The van der Waals surface area contributed by atoms with Crippen LogP contribution in [0.5, 0.6) is 0 Å². The average Bonchev–Trinajstić information content (AvgIpc) is 2.88. The third-order valence-electron chi connectivity index (χ3n) is 5.16. The second kappa shape index (κ2) is 10.7. The Hall–Kier alpha value is -4.44. The van der Waals surface area contributed by atoms with Gasteiger partial charge in [0.25, 0.3) is 11.8 Å². The Bertz CT molecular complexity index is 1250. The molecular weight excluding hydrogens is 408 g/mol. The molecule has 4 heteroatoms. The van der Waals surface area contributed by atoms with E-state index in [1.807, 2.05) is 97.1 Å². The van der Waals surface area contributed by atoms with Gasteiger partial charge in [-0.05, 0) is 34.9 Å². The van der Waals surface area contributed by atoms with Crippen LogP contribution in [0.1, 0.15) is 27.0 Å². The zero-order valence-electron chi connectivity index (χ0n) is 18.1. The molecule has 0 bridgehead atoms. The van der Waals surface area contributed by atoms with Gasteiger partial charge in [-0.3, -0.25) is 9.59 Å². The molecule has 0 saturated carbocycles. The number of carbonyl (C=O) groups is 2. The van der Waals surface area contributed by atoms with Gasteiger partial charge in [0.1, 0.15) is 0 Å². The van der Waals surface area contributed by atoms with Gasteiger partial charge >= 0.3 is 0 Å². The van der Waals surface area contributed by atoms with Crippen LogP contribution in [0, 0.1) is 0 Å². The summed E-state index contributed by atoms with van der Waals surface area (Å²) < 4.78 is 0. The molecule has 2 N–H and O–H groups in total. The normalized spacial score (nSPS) is 11.0. The number of benzene rings is 4. The molecule has 0 radical (unpaired) electrons. The molecule has 4 nitrogen and oxygen atoms in total. The first-order valence-corrected chi connectivity index (χ1v) is 10.8. The third-order valence-corrected chi connectivity index (χ3v) is 5.16. The van der Waals surface area contributed by atoms with Crippen LogP contribution < -0.4 is 10.6 Å². The van der Waals surface area contributed by atoms with Gasteiger partial charge in [-0.15, -0.1) is 0 Å². The van der Waals surface area contributed by atoms with Crippen molar-refractivity contribution in [3.8, 4) is 0 Å². The summed E-state index contributed by atoms with van der Waals surface area (Å²) in [5.41, 5.74) is 4.10. The number of hydrogen-bond donors (Lipinski definition) is 2. The minimum absolute atomic E-state index is 0.247. The Morgan fingerprint density at radius 2 is 1.24 bits per heavy atom. The average molecular weight is 433 g/mol. The van der Waals surface area contributed by atoms with Crippen LogP contribution in [0.25, 0.3) is 11.6 Å². The number of nitrogens with one attached hydrogen (secondary N) is 2. The molecule has 0 aliphatic rings. The minimum Gasteiger partial charge on any atom is -0.348 e. The first kappa shape index (κ1) is 21.8. The van der Waals surface area contributed by atoms with E-state index >= 15 is 0 Å². The molecule has 0 aliphatic heterocycles. The Morgan fingerprint density at radius 3 is 1.94 bits per heavy atom. The summed E-state index contributed by atoms with van der Waals surface area (Å²) in [6.45, 7) is 0.408. The number of para-hydroxylation sites is 1. The van der Waals surface area contributed by atoms with Crippen molar-refractivity contribution in [3.05, 3.63) is 138 Å². The smallest absolute Gasteiger partial charge is 0.256 e. The molecule has 2 amide bonds. The second-order valence-electron chi connectivity index (χ2n) is 7.50. The van der Waals surface area contributed by atoms with Gasteiger partial charge in [0.15, 0.2) is 0 Å².